The number of piperidine rings is 1. The van der Waals surface area contributed by atoms with E-state index in [9.17, 15) is 18.0 Å². The summed E-state index contributed by atoms with van der Waals surface area (Å²) in [7, 11) is 1.58. The van der Waals surface area contributed by atoms with Crippen LogP contribution in [0.15, 0.2) is 54.7 Å². The number of nitrogens with one attached hydrogen (secondary N) is 2. The summed E-state index contributed by atoms with van der Waals surface area (Å²) in [5.74, 6) is 0.299. The van der Waals surface area contributed by atoms with Crippen LogP contribution in [-0.4, -0.2) is 35.9 Å². The number of alkyl halides is 3. The predicted octanol–water partition coefficient (Wildman–Crippen LogP) is 5.04. The molecule has 176 valence electrons. The third-order valence-electron chi connectivity index (χ3n) is 5.54. The molecule has 10 heteroatoms. The molecule has 0 bridgehead atoms. The summed E-state index contributed by atoms with van der Waals surface area (Å²) in [4.78, 5) is 13.1. The van der Waals surface area contributed by atoms with E-state index in [-0.39, 0.29) is 24.0 Å². The summed E-state index contributed by atoms with van der Waals surface area (Å²) in [6.45, 7) is 1.63. The van der Waals surface area contributed by atoms with Crippen LogP contribution in [0.2, 0.25) is 0 Å². The zero-order valence-corrected chi connectivity index (χ0v) is 18.7. The molecule has 1 fully saturated rings. The Balaban J connectivity index is 0.00000306. The number of anilines is 1. The van der Waals surface area contributed by atoms with Gasteiger partial charge in [0.25, 0.3) is 5.91 Å². The summed E-state index contributed by atoms with van der Waals surface area (Å²) in [6.07, 6.45) is -1.36. The van der Waals surface area contributed by atoms with Crippen molar-refractivity contribution < 1.29 is 22.7 Å². The van der Waals surface area contributed by atoms with Crippen molar-refractivity contribution in [2.45, 2.75) is 24.9 Å². The molecular weight excluding hydrogens is 457 g/mol. The number of hydrogen-bond donors (Lipinski definition) is 2. The number of benzene rings is 2. The molecule has 1 aromatic heterocycles. The monoisotopic (exact) mass is 480 g/mol. The first-order valence-electron chi connectivity index (χ1n) is 10.3. The molecule has 2 N–H and O–H groups in total. The van der Waals surface area contributed by atoms with E-state index < -0.39 is 17.6 Å². The van der Waals surface area contributed by atoms with E-state index in [0.717, 1.165) is 49.4 Å². The molecule has 1 saturated heterocycles. The molecule has 2 heterocycles. The maximum atomic E-state index is 13.1. The fraction of sp³-hybridized carbons (Fsp3) is 0.304. The number of carbonyl (C=O) groups is 1. The number of amides is 1. The van der Waals surface area contributed by atoms with Gasteiger partial charge in [-0.25, -0.2) is 4.68 Å². The maximum Gasteiger partial charge on any atom is 0.416 e. The Morgan fingerprint density at radius 2 is 1.85 bits per heavy atom. The molecule has 1 amide bonds. The van der Waals surface area contributed by atoms with Gasteiger partial charge in [0, 0.05) is 11.6 Å². The highest BCUT2D eigenvalue weighted by molar-refractivity contribution is 6.05. The van der Waals surface area contributed by atoms with Gasteiger partial charge in [-0.1, -0.05) is 6.07 Å². The fourth-order valence-corrected chi connectivity index (χ4v) is 3.92. The van der Waals surface area contributed by atoms with E-state index in [2.05, 4.69) is 15.7 Å². The number of carbonyl (C=O) groups excluding carboxylic acids is 1. The standard InChI is InChI=1S/C23H23F3N4O2.ClH/c1-32-19-7-5-18(6-8-19)30-21(15-9-11-27-12-10-15)20(14-28-30)22(31)29-17-4-2-3-16(13-17)23(24,25)26;/h2-8,13-15,27H,9-12H2,1H3,(H,29,31);1H. The Morgan fingerprint density at radius 3 is 2.48 bits per heavy atom. The molecule has 0 saturated carbocycles. The lowest BCUT2D eigenvalue weighted by Crippen LogP contribution is -2.29. The number of rotatable bonds is 5. The van der Waals surface area contributed by atoms with Crippen LogP contribution >= 0.6 is 12.4 Å². The van der Waals surface area contributed by atoms with E-state index in [4.69, 9.17) is 4.74 Å². The summed E-state index contributed by atoms with van der Waals surface area (Å²) < 4.78 is 46.1. The molecule has 0 spiro atoms. The lowest BCUT2D eigenvalue weighted by atomic mass is 9.91. The third kappa shape index (κ3) is 5.48. The minimum absolute atomic E-state index is 0. The molecular formula is C23H24ClF3N4O2. The number of nitrogens with zero attached hydrogens (tertiary/aromatic N) is 2. The van der Waals surface area contributed by atoms with Crippen LogP contribution in [0.25, 0.3) is 5.69 Å². The second-order valence-electron chi connectivity index (χ2n) is 7.61. The summed E-state index contributed by atoms with van der Waals surface area (Å²) in [6, 6.07) is 11.9. The van der Waals surface area contributed by atoms with Gasteiger partial charge in [-0.2, -0.15) is 18.3 Å². The topological polar surface area (TPSA) is 68.2 Å². The first-order chi connectivity index (χ1) is 15.4. The average molecular weight is 481 g/mol. The second-order valence-corrected chi connectivity index (χ2v) is 7.61. The molecule has 0 radical (unpaired) electrons. The molecule has 33 heavy (non-hydrogen) atoms. The number of hydrogen-bond acceptors (Lipinski definition) is 4. The lowest BCUT2D eigenvalue weighted by Gasteiger charge is -2.24. The number of aromatic nitrogens is 2. The minimum Gasteiger partial charge on any atom is -0.497 e. The van der Waals surface area contributed by atoms with Gasteiger partial charge in [0.1, 0.15) is 5.75 Å². The molecule has 2 aromatic carbocycles. The van der Waals surface area contributed by atoms with Crippen molar-refractivity contribution in [3.05, 3.63) is 71.5 Å². The zero-order valence-electron chi connectivity index (χ0n) is 17.9. The first-order valence-corrected chi connectivity index (χ1v) is 10.3. The van der Waals surface area contributed by atoms with Crippen molar-refractivity contribution in [3.8, 4) is 11.4 Å². The second kappa shape index (κ2) is 10.3. The number of ether oxygens (including phenoxy) is 1. The highest BCUT2D eigenvalue weighted by Crippen LogP contribution is 2.33. The Kier molecular flexibility index (Phi) is 7.65. The molecule has 0 unspecified atom stereocenters. The highest BCUT2D eigenvalue weighted by atomic mass is 35.5. The third-order valence-corrected chi connectivity index (χ3v) is 5.54. The van der Waals surface area contributed by atoms with Crippen molar-refractivity contribution >= 4 is 24.0 Å². The molecule has 1 aliphatic rings. The van der Waals surface area contributed by atoms with Gasteiger partial charge in [-0.3, -0.25) is 4.79 Å². The SMILES string of the molecule is COc1ccc(-n2ncc(C(=O)Nc3cccc(C(F)(F)F)c3)c2C2CCNCC2)cc1.Cl. The zero-order chi connectivity index (χ0) is 22.7. The van der Waals surface area contributed by atoms with Crippen LogP contribution < -0.4 is 15.4 Å². The minimum atomic E-state index is -4.49. The number of halogens is 4. The molecule has 3 aromatic rings. The molecule has 6 nitrogen and oxygen atoms in total. The van der Waals surface area contributed by atoms with Crippen molar-refractivity contribution in [2.75, 3.05) is 25.5 Å². The van der Waals surface area contributed by atoms with Crippen molar-refractivity contribution in [2.24, 2.45) is 0 Å². The van der Waals surface area contributed by atoms with Gasteiger partial charge in [-0.05, 0) is 68.4 Å². The van der Waals surface area contributed by atoms with E-state index in [1.54, 1.807) is 11.8 Å². The molecule has 4 rings (SSSR count). The van der Waals surface area contributed by atoms with E-state index in [1.165, 1.54) is 18.3 Å². The van der Waals surface area contributed by atoms with Crippen molar-refractivity contribution in [1.29, 1.82) is 0 Å². The lowest BCUT2D eigenvalue weighted by molar-refractivity contribution is -0.137. The van der Waals surface area contributed by atoms with Gasteiger partial charge >= 0.3 is 6.18 Å². The Bertz CT molecular complexity index is 1090. The van der Waals surface area contributed by atoms with Crippen molar-refractivity contribution in [1.82, 2.24) is 15.1 Å². The van der Waals surface area contributed by atoms with Crippen LogP contribution in [0.5, 0.6) is 5.75 Å². The van der Waals surface area contributed by atoms with Gasteiger partial charge in [0.05, 0.1) is 35.8 Å². The summed E-state index contributed by atoms with van der Waals surface area (Å²) >= 11 is 0. The normalized spacial score (nSPS) is 14.4. The smallest absolute Gasteiger partial charge is 0.416 e. The van der Waals surface area contributed by atoms with Gasteiger partial charge in [-0.15, -0.1) is 12.4 Å². The summed E-state index contributed by atoms with van der Waals surface area (Å²) in [5, 5.41) is 10.4. The van der Waals surface area contributed by atoms with Gasteiger partial charge in [0.15, 0.2) is 0 Å². The Labute approximate surface area is 195 Å². The highest BCUT2D eigenvalue weighted by Gasteiger charge is 2.31. The van der Waals surface area contributed by atoms with Crippen LogP contribution in [0.4, 0.5) is 18.9 Å². The molecule has 0 atom stereocenters. The predicted molar refractivity (Wildman–Crippen MR) is 122 cm³/mol. The maximum absolute atomic E-state index is 13.1. The van der Waals surface area contributed by atoms with Crippen molar-refractivity contribution in [3.63, 3.8) is 0 Å². The van der Waals surface area contributed by atoms with Crippen LogP contribution in [0, 0.1) is 0 Å². The molecule has 0 aliphatic carbocycles. The van der Waals surface area contributed by atoms with Gasteiger partial charge in [0.2, 0.25) is 0 Å². The summed E-state index contributed by atoms with van der Waals surface area (Å²) in [5.41, 5.74) is 1.14. The van der Waals surface area contributed by atoms with E-state index in [0.29, 0.717) is 11.3 Å². The average Bonchev–Trinajstić information content (AvgIpc) is 3.25. The molecule has 1 aliphatic heterocycles. The Hall–Kier alpha value is -3.04. The van der Waals surface area contributed by atoms with Crippen LogP contribution in [0.1, 0.15) is 40.4 Å². The van der Waals surface area contributed by atoms with Crippen LogP contribution in [-0.2, 0) is 6.18 Å². The van der Waals surface area contributed by atoms with E-state index in [1.807, 2.05) is 24.3 Å². The van der Waals surface area contributed by atoms with E-state index >= 15 is 0 Å². The first kappa shape index (κ1) is 24.6. The number of methoxy groups -OCH3 is 1. The largest absolute Gasteiger partial charge is 0.497 e. The van der Waals surface area contributed by atoms with Crippen LogP contribution in [0.3, 0.4) is 0 Å². The van der Waals surface area contributed by atoms with Gasteiger partial charge < -0.3 is 15.4 Å². The fourth-order valence-electron chi connectivity index (χ4n) is 3.92. The Morgan fingerprint density at radius 1 is 1.15 bits per heavy atom. The quantitative estimate of drug-likeness (QED) is 0.537.